The number of hydrogen-bond acceptors (Lipinski definition) is 3. The molecule has 2 aliphatic rings. The number of carbonyl (C=O) groups is 1. The number of rotatable bonds is 3. The average molecular weight is 327 g/mol. The molecule has 2 unspecified atom stereocenters. The standard InChI is InChI=1S/C16H20ClFN2O2/c17-12-2-1-11(9-13(12)18)15-14(5-8-22-15)20-16(21)10-3-6-19-7-4-10/h1-2,9-10,14-15,19H,3-8H2,(H,20,21). The van der Waals surface area contributed by atoms with Crippen molar-refractivity contribution in [1.82, 2.24) is 10.6 Å². The van der Waals surface area contributed by atoms with E-state index in [-0.39, 0.29) is 29.0 Å². The topological polar surface area (TPSA) is 50.4 Å². The maximum atomic E-state index is 13.6. The highest BCUT2D eigenvalue weighted by Crippen LogP contribution is 2.31. The fourth-order valence-corrected chi connectivity index (χ4v) is 3.26. The lowest BCUT2D eigenvalue weighted by Crippen LogP contribution is -2.43. The van der Waals surface area contributed by atoms with Gasteiger partial charge < -0.3 is 15.4 Å². The van der Waals surface area contributed by atoms with Crippen LogP contribution in [0, 0.1) is 11.7 Å². The Bertz CT molecular complexity index is 549. The Balaban J connectivity index is 1.67. The molecule has 0 saturated carbocycles. The van der Waals surface area contributed by atoms with Crippen LogP contribution >= 0.6 is 11.6 Å². The molecule has 2 heterocycles. The Morgan fingerprint density at radius 1 is 1.32 bits per heavy atom. The van der Waals surface area contributed by atoms with E-state index in [1.54, 1.807) is 6.07 Å². The SMILES string of the molecule is O=C(NC1CCOC1c1ccc(Cl)c(F)c1)C1CCNCC1. The van der Waals surface area contributed by atoms with Gasteiger partial charge in [-0.05, 0) is 50.0 Å². The molecule has 0 aliphatic carbocycles. The third-order valence-corrected chi connectivity index (χ3v) is 4.71. The van der Waals surface area contributed by atoms with Crippen LogP contribution in [0.15, 0.2) is 18.2 Å². The summed E-state index contributed by atoms with van der Waals surface area (Å²) in [5.41, 5.74) is 0.718. The predicted molar refractivity (Wildman–Crippen MR) is 82.2 cm³/mol. The highest BCUT2D eigenvalue weighted by atomic mass is 35.5. The van der Waals surface area contributed by atoms with Gasteiger partial charge in [0.25, 0.3) is 0 Å². The number of hydrogen-bond donors (Lipinski definition) is 2. The summed E-state index contributed by atoms with van der Waals surface area (Å²) in [5.74, 6) is -0.320. The quantitative estimate of drug-likeness (QED) is 0.897. The van der Waals surface area contributed by atoms with Gasteiger partial charge in [-0.3, -0.25) is 4.79 Å². The molecule has 1 aromatic rings. The second kappa shape index (κ2) is 6.94. The fraction of sp³-hybridized carbons (Fsp3) is 0.562. The third kappa shape index (κ3) is 3.42. The van der Waals surface area contributed by atoms with E-state index < -0.39 is 5.82 Å². The largest absolute Gasteiger partial charge is 0.371 e. The summed E-state index contributed by atoms with van der Waals surface area (Å²) in [5, 5.41) is 6.43. The van der Waals surface area contributed by atoms with Gasteiger partial charge in [0.2, 0.25) is 5.91 Å². The van der Waals surface area contributed by atoms with E-state index in [1.807, 2.05) is 0 Å². The van der Waals surface area contributed by atoms with Crippen LogP contribution in [0.2, 0.25) is 5.02 Å². The van der Waals surface area contributed by atoms with Crippen LogP contribution in [0.1, 0.15) is 30.9 Å². The van der Waals surface area contributed by atoms with Crippen molar-refractivity contribution in [2.45, 2.75) is 31.4 Å². The van der Waals surface area contributed by atoms with Crippen molar-refractivity contribution in [2.75, 3.05) is 19.7 Å². The van der Waals surface area contributed by atoms with E-state index in [1.165, 1.54) is 12.1 Å². The van der Waals surface area contributed by atoms with Gasteiger partial charge in [-0.15, -0.1) is 0 Å². The van der Waals surface area contributed by atoms with Gasteiger partial charge in [0.05, 0.1) is 11.1 Å². The van der Waals surface area contributed by atoms with Crippen LogP contribution in [0.4, 0.5) is 4.39 Å². The normalized spacial score (nSPS) is 26.1. The Labute approximate surface area is 134 Å². The second-order valence-corrected chi connectivity index (χ2v) is 6.30. The van der Waals surface area contributed by atoms with Crippen LogP contribution < -0.4 is 10.6 Å². The van der Waals surface area contributed by atoms with Crippen molar-refractivity contribution in [1.29, 1.82) is 0 Å². The molecule has 2 aliphatic heterocycles. The second-order valence-electron chi connectivity index (χ2n) is 5.89. The maximum Gasteiger partial charge on any atom is 0.223 e. The maximum absolute atomic E-state index is 13.6. The molecular weight excluding hydrogens is 307 g/mol. The summed E-state index contributed by atoms with van der Waals surface area (Å²) >= 11 is 5.72. The zero-order chi connectivity index (χ0) is 15.5. The summed E-state index contributed by atoms with van der Waals surface area (Å²) in [6.45, 7) is 2.32. The zero-order valence-corrected chi connectivity index (χ0v) is 13.0. The molecular formula is C16H20ClFN2O2. The number of carbonyl (C=O) groups excluding carboxylic acids is 1. The Hall–Kier alpha value is -1.17. The Morgan fingerprint density at radius 3 is 2.82 bits per heavy atom. The first-order chi connectivity index (χ1) is 10.6. The van der Waals surface area contributed by atoms with E-state index >= 15 is 0 Å². The molecule has 2 fully saturated rings. The molecule has 2 N–H and O–H groups in total. The molecule has 0 radical (unpaired) electrons. The van der Waals surface area contributed by atoms with Crippen LogP contribution in [-0.2, 0) is 9.53 Å². The number of piperidine rings is 1. The van der Waals surface area contributed by atoms with Crippen LogP contribution in [0.3, 0.4) is 0 Å². The molecule has 1 aromatic carbocycles. The minimum Gasteiger partial charge on any atom is -0.371 e. The van der Waals surface area contributed by atoms with Crippen LogP contribution in [0.5, 0.6) is 0 Å². The smallest absolute Gasteiger partial charge is 0.223 e. The van der Waals surface area contributed by atoms with Crippen molar-refractivity contribution < 1.29 is 13.9 Å². The highest BCUT2D eigenvalue weighted by molar-refractivity contribution is 6.30. The molecule has 2 saturated heterocycles. The molecule has 2 atom stereocenters. The molecule has 3 rings (SSSR count). The van der Waals surface area contributed by atoms with E-state index in [2.05, 4.69) is 10.6 Å². The number of benzene rings is 1. The van der Waals surface area contributed by atoms with Gasteiger partial charge in [-0.2, -0.15) is 0 Å². The number of amides is 1. The highest BCUT2D eigenvalue weighted by Gasteiger charge is 2.33. The lowest BCUT2D eigenvalue weighted by molar-refractivity contribution is -0.126. The molecule has 22 heavy (non-hydrogen) atoms. The molecule has 120 valence electrons. The molecule has 0 spiro atoms. The first-order valence-corrected chi connectivity index (χ1v) is 8.10. The Kier molecular flexibility index (Phi) is 4.96. The van der Waals surface area contributed by atoms with Crippen molar-refractivity contribution in [2.24, 2.45) is 5.92 Å². The van der Waals surface area contributed by atoms with Crippen LogP contribution in [-0.4, -0.2) is 31.6 Å². The van der Waals surface area contributed by atoms with E-state index in [0.29, 0.717) is 6.61 Å². The number of halogens is 2. The minimum absolute atomic E-state index is 0.0597. The molecule has 0 bridgehead atoms. The fourth-order valence-electron chi connectivity index (χ4n) is 3.14. The average Bonchev–Trinajstić information content (AvgIpc) is 2.99. The van der Waals surface area contributed by atoms with Crippen molar-refractivity contribution >= 4 is 17.5 Å². The number of nitrogens with one attached hydrogen (secondary N) is 2. The Morgan fingerprint density at radius 2 is 2.09 bits per heavy atom. The van der Waals surface area contributed by atoms with Crippen LogP contribution in [0.25, 0.3) is 0 Å². The van der Waals surface area contributed by atoms with E-state index in [9.17, 15) is 9.18 Å². The molecule has 4 nitrogen and oxygen atoms in total. The van der Waals surface area contributed by atoms with E-state index in [4.69, 9.17) is 16.3 Å². The van der Waals surface area contributed by atoms with Gasteiger partial charge in [0.15, 0.2) is 0 Å². The number of ether oxygens (including phenoxy) is 1. The van der Waals surface area contributed by atoms with Gasteiger partial charge in [0.1, 0.15) is 11.9 Å². The van der Waals surface area contributed by atoms with Gasteiger partial charge >= 0.3 is 0 Å². The van der Waals surface area contributed by atoms with Crippen molar-refractivity contribution in [3.63, 3.8) is 0 Å². The lowest BCUT2D eigenvalue weighted by Gasteiger charge is -2.26. The minimum atomic E-state index is -0.460. The lowest BCUT2D eigenvalue weighted by atomic mass is 9.95. The summed E-state index contributed by atoms with van der Waals surface area (Å²) in [6.07, 6.45) is 2.16. The summed E-state index contributed by atoms with van der Waals surface area (Å²) in [7, 11) is 0. The predicted octanol–water partition coefficient (Wildman–Crippen LogP) is 2.42. The molecule has 0 aromatic heterocycles. The van der Waals surface area contributed by atoms with Gasteiger partial charge in [-0.25, -0.2) is 4.39 Å². The first-order valence-electron chi connectivity index (χ1n) is 7.73. The van der Waals surface area contributed by atoms with Gasteiger partial charge in [-0.1, -0.05) is 17.7 Å². The monoisotopic (exact) mass is 326 g/mol. The molecule has 1 amide bonds. The summed E-state index contributed by atoms with van der Waals surface area (Å²) in [4.78, 5) is 12.4. The van der Waals surface area contributed by atoms with Crippen molar-refractivity contribution in [3.8, 4) is 0 Å². The third-order valence-electron chi connectivity index (χ3n) is 4.40. The summed E-state index contributed by atoms with van der Waals surface area (Å²) in [6, 6.07) is 4.56. The zero-order valence-electron chi connectivity index (χ0n) is 12.3. The summed E-state index contributed by atoms with van der Waals surface area (Å²) < 4.78 is 19.3. The molecule has 6 heteroatoms. The van der Waals surface area contributed by atoms with Crippen molar-refractivity contribution in [3.05, 3.63) is 34.6 Å². The van der Waals surface area contributed by atoms with E-state index in [0.717, 1.165) is 37.9 Å². The first kappa shape index (κ1) is 15.7. The van der Waals surface area contributed by atoms with Gasteiger partial charge in [0, 0.05) is 12.5 Å².